The first kappa shape index (κ1) is 19.4. The van der Waals surface area contributed by atoms with Crippen molar-refractivity contribution in [3.05, 3.63) is 52.5 Å². The van der Waals surface area contributed by atoms with Gasteiger partial charge in [0.15, 0.2) is 0 Å². The third kappa shape index (κ3) is 5.26. The summed E-state index contributed by atoms with van der Waals surface area (Å²) in [6.45, 7) is -0.427. The van der Waals surface area contributed by atoms with Gasteiger partial charge in [-0.3, -0.25) is 9.10 Å². The summed E-state index contributed by atoms with van der Waals surface area (Å²) in [5.74, 6) is -0.207. The molecule has 0 aliphatic carbocycles. The highest BCUT2D eigenvalue weighted by atomic mass is 35.5. The molecular formula is C16H16Cl2N2O4S. The molecule has 0 aliphatic heterocycles. The van der Waals surface area contributed by atoms with Crippen LogP contribution in [0.15, 0.2) is 42.5 Å². The minimum absolute atomic E-state index is 0.270. The van der Waals surface area contributed by atoms with Gasteiger partial charge in [0.2, 0.25) is 15.9 Å². The number of ether oxygens (including phenoxy) is 1. The molecule has 0 fully saturated rings. The van der Waals surface area contributed by atoms with Crippen molar-refractivity contribution >= 4 is 50.5 Å². The second-order valence-corrected chi connectivity index (χ2v) is 7.93. The number of carbonyl (C=O) groups is 1. The number of benzene rings is 2. The Bertz CT molecular complexity index is 867. The number of halogens is 2. The predicted molar refractivity (Wildman–Crippen MR) is 100 cm³/mol. The Morgan fingerprint density at radius 3 is 2.32 bits per heavy atom. The fourth-order valence-electron chi connectivity index (χ4n) is 2.17. The molecular weight excluding hydrogens is 387 g/mol. The Balaban J connectivity index is 2.27. The molecule has 0 saturated carbocycles. The number of nitrogens with zero attached hydrogens (tertiary/aromatic N) is 1. The molecule has 1 amide bonds. The third-order valence-corrected chi connectivity index (χ3v) is 4.75. The zero-order valence-electron chi connectivity index (χ0n) is 13.5. The molecule has 134 valence electrons. The van der Waals surface area contributed by atoms with Gasteiger partial charge in [-0.15, -0.1) is 0 Å². The van der Waals surface area contributed by atoms with E-state index >= 15 is 0 Å². The predicted octanol–water partition coefficient (Wildman–Crippen LogP) is 3.41. The lowest BCUT2D eigenvalue weighted by Crippen LogP contribution is -2.37. The van der Waals surface area contributed by atoms with Crippen LogP contribution in [0.25, 0.3) is 0 Å². The molecule has 0 radical (unpaired) electrons. The molecule has 2 rings (SSSR count). The van der Waals surface area contributed by atoms with Crippen molar-refractivity contribution < 1.29 is 17.9 Å². The third-order valence-electron chi connectivity index (χ3n) is 3.19. The smallest absolute Gasteiger partial charge is 0.245 e. The molecule has 0 aromatic heterocycles. The van der Waals surface area contributed by atoms with E-state index in [0.717, 1.165) is 10.6 Å². The van der Waals surface area contributed by atoms with Crippen LogP contribution in [0.5, 0.6) is 5.75 Å². The SMILES string of the molecule is COc1ccccc1N(CC(=O)Nc1cc(Cl)cc(Cl)c1)S(C)(=O)=O. The monoisotopic (exact) mass is 402 g/mol. The number of sulfonamides is 1. The van der Waals surface area contributed by atoms with Gasteiger partial charge >= 0.3 is 0 Å². The Labute approximate surface area is 156 Å². The summed E-state index contributed by atoms with van der Waals surface area (Å²) < 4.78 is 30.4. The lowest BCUT2D eigenvalue weighted by atomic mass is 10.3. The van der Waals surface area contributed by atoms with E-state index in [2.05, 4.69) is 5.32 Å². The van der Waals surface area contributed by atoms with E-state index in [-0.39, 0.29) is 5.69 Å². The molecule has 1 N–H and O–H groups in total. The van der Waals surface area contributed by atoms with Gasteiger partial charge < -0.3 is 10.1 Å². The summed E-state index contributed by atoms with van der Waals surface area (Å²) in [6.07, 6.45) is 1.02. The Morgan fingerprint density at radius 1 is 1.16 bits per heavy atom. The first-order valence-corrected chi connectivity index (χ1v) is 9.68. The van der Waals surface area contributed by atoms with Gasteiger partial charge in [-0.1, -0.05) is 35.3 Å². The first-order valence-electron chi connectivity index (χ1n) is 7.07. The maximum absolute atomic E-state index is 12.3. The molecule has 9 heteroatoms. The molecule has 0 bridgehead atoms. The average Bonchev–Trinajstić information content (AvgIpc) is 2.50. The molecule has 2 aromatic carbocycles. The number of nitrogens with one attached hydrogen (secondary N) is 1. The average molecular weight is 403 g/mol. The van der Waals surface area contributed by atoms with Crippen molar-refractivity contribution in [1.29, 1.82) is 0 Å². The number of carbonyl (C=O) groups excluding carboxylic acids is 1. The van der Waals surface area contributed by atoms with Crippen LogP contribution in [-0.4, -0.2) is 34.2 Å². The van der Waals surface area contributed by atoms with Gasteiger partial charge in [-0.05, 0) is 30.3 Å². The molecule has 0 spiro atoms. The minimum Gasteiger partial charge on any atom is -0.495 e. The Morgan fingerprint density at radius 2 is 1.76 bits per heavy atom. The highest BCUT2D eigenvalue weighted by Gasteiger charge is 2.23. The van der Waals surface area contributed by atoms with Gasteiger partial charge in [-0.25, -0.2) is 8.42 Å². The summed E-state index contributed by atoms with van der Waals surface area (Å²) in [7, 11) is -2.29. The summed E-state index contributed by atoms with van der Waals surface area (Å²) in [6, 6.07) is 11.1. The number of amides is 1. The van der Waals surface area contributed by atoms with Crippen molar-refractivity contribution in [3.8, 4) is 5.75 Å². The second kappa shape index (κ2) is 7.95. The van der Waals surface area contributed by atoms with Crippen molar-refractivity contribution in [2.24, 2.45) is 0 Å². The van der Waals surface area contributed by atoms with E-state index in [1.807, 2.05) is 0 Å². The van der Waals surface area contributed by atoms with Gasteiger partial charge in [0.25, 0.3) is 0 Å². The maximum atomic E-state index is 12.3. The van der Waals surface area contributed by atoms with Crippen LogP contribution in [0.4, 0.5) is 11.4 Å². The fourth-order valence-corrected chi connectivity index (χ4v) is 3.56. The van der Waals surface area contributed by atoms with Crippen molar-refractivity contribution in [1.82, 2.24) is 0 Å². The Kier molecular flexibility index (Phi) is 6.16. The topological polar surface area (TPSA) is 75.7 Å². The van der Waals surface area contributed by atoms with E-state index in [4.69, 9.17) is 27.9 Å². The van der Waals surface area contributed by atoms with Crippen LogP contribution in [-0.2, 0) is 14.8 Å². The van der Waals surface area contributed by atoms with Crippen LogP contribution in [0.3, 0.4) is 0 Å². The lowest BCUT2D eigenvalue weighted by molar-refractivity contribution is -0.114. The molecule has 0 aliphatic rings. The van der Waals surface area contributed by atoms with Gasteiger partial charge in [0.05, 0.1) is 19.1 Å². The van der Waals surface area contributed by atoms with Crippen LogP contribution in [0.1, 0.15) is 0 Å². The van der Waals surface area contributed by atoms with Crippen molar-refractivity contribution in [3.63, 3.8) is 0 Å². The molecule has 2 aromatic rings. The van der Waals surface area contributed by atoms with Crippen LogP contribution < -0.4 is 14.4 Å². The van der Waals surface area contributed by atoms with Gasteiger partial charge in [-0.2, -0.15) is 0 Å². The number of anilines is 2. The standard InChI is InChI=1S/C16H16Cl2N2O4S/c1-24-15-6-4-3-5-14(15)20(25(2,22)23)10-16(21)19-13-8-11(17)7-12(18)9-13/h3-9H,10H2,1-2H3,(H,19,21). The molecule has 0 heterocycles. The summed E-state index contributed by atoms with van der Waals surface area (Å²) in [5, 5.41) is 3.29. The highest BCUT2D eigenvalue weighted by Crippen LogP contribution is 2.29. The number of rotatable bonds is 6. The van der Waals surface area contributed by atoms with E-state index in [9.17, 15) is 13.2 Å². The van der Waals surface area contributed by atoms with Crippen molar-refractivity contribution in [2.75, 3.05) is 29.5 Å². The number of para-hydroxylation sites is 2. The lowest BCUT2D eigenvalue weighted by Gasteiger charge is -2.23. The van der Waals surface area contributed by atoms with Crippen LogP contribution in [0.2, 0.25) is 10.0 Å². The maximum Gasteiger partial charge on any atom is 0.245 e. The number of methoxy groups -OCH3 is 1. The largest absolute Gasteiger partial charge is 0.495 e. The number of hydrogen-bond acceptors (Lipinski definition) is 4. The summed E-state index contributed by atoms with van der Waals surface area (Å²) in [5.41, 5.74) is 0.641. The first-order chi connectivity index (χ1) is 11.7. The fraction of sp³-hybridized carbons (Fsp3) is 0.188. The summed E-state index contributed by atoms with van der Waals surface area (Å²) in [4.78, 5) is 12.3. The molecule has 0 atom stereocenters. The zero-order chi connectivity index (χ0) is 18.6. The van der Waals surface area contributed by atoms with E-state index in [0.29, 0.717) is 21.5 Å². The molecule has 6 nitrogen and oxygen atoms in total. The summed E-state index contributed by atoms with van der Waals surface area (Å²) >= 11 is 11.8. The molecule has 0 saturated heterocycles. The van der Waals surface area contributed by atoms with E-state index in [1.54, 1.807) is 24.3 Å². The van der Waals surface area contributed by atoms with Gasteiger partial charge in [0, 0.05) is 15.7 Å². The second-order valence-electron chi connectivity index (χ2n) is 5.15. The Hall–Kier alpha value is -1.96. The van der Waals surface area contributed by atoms with Crippen LogP contribution >= 0.6 is 23.2 Å². The van der Waals surface area contributed by atoms with Gasteiger partial charge in [0.1, 0.15) is 12.3 Å². The minimum atomic E-state index is -3.71. The van der Waals surface area contributed by atoms with E-state index < -0.39 is 22.5 Å². The highest BCUT2D eigenvalue weighted by molar-refractivity contribution is 7.92. The zero-order valence-corrected chi connectivity index (χ0v) is 15.8. The van der Waals surface area contributed by atoms with Crippen LogP contribution in [0, 0.1) is 0 Å². The normalized spacial score (nSPS) is 11.0. The molecule has 25 heavy (non-hydrogen) atoms. The van der Waals surface area contributed by atoms with Crippen molar-refractivity contribution in [2.45, 2.75) is 0 Å². The van der Waals surface area contributed by atoms with E-state index in [1.165, 1.54) is 25.3 Å². The quantitative estimate of drug-likeness (QED) is 0.802. The number of hydrogen-bond donors (Lipinski definition) is 1. The molecule has 0 unspecified atom stereocenters.